The minimum absolute atomic E-state index is 0.290. The Morgan fingerprint density at radius 2 is 1.88 bits per heavy atom. The lowest BCUT2D eigenvalue weighted by Gasteiger charge is -2.25. The summed E-state index contributed by atoms with van der Waals surface area (Å²) in [5.41, 5.74) is 2.98. The Hall–Kier alpha value is -3.96. The molecule has 40 heavy (non-hydrogen) atoms. The molecule has 0 bridgehead atoms. The molecule has 3 aromatic heterocycles. The van der Waals surface area contributed by atoms with Gasteiger partial charge in [-0.2, -0.15) is 0 Å². The number of rotatable bonds is 7. The van der Waals surface area contributed by atoms with Crippen molar-refractivity contribution in [3.8, 4) is 5.75 Å². The average molecular weight is 577 g/mol. The molecule has 0 saturated heterocycles. The van der Waals surface area contributed by atoms with E-state index in [1.807, 2.05) is 50.2 Å². The molecule has 4 aromatic rings. The van der Waals surface area contributed by atoms with E-state index in [1.165, 1.54) is 27.7 Å². The highest BCUT2D eigenvalue weighted by atomic mass is 32.2. The number of allylic oxidation sites excluding steroid dienone is 1. The van der Waals surface area contributed by atoms with E-state index in [1.54, 1.807) is 40.0 Å². The van der Waals surface area contributed by atoms with Crippen LogP contribution in [0.2, 0.25) is 0 Å². The van der Waals surface area contributed by atoms with Gasteiger partial charge in [-0.15, -0.1) is 0 Å². The van der Waals surface area contributed by atoms with Crippen LogP contribution in [0.4, 0.5) is 0 Å². The Kier molecular flexibility index (Phi) is 7.77. The van der Waals surface area contributed by atoms with Crippen LogP contribution in [0.5, 0.6) is 5.75 Å². The first-order valence-electron chi connectivity index (χ1n) is 12.6. The molecule has 0 N–H and O–H groups in total. The van der Waals surface area contributed by atoms with Gasteiger partial charge in [-0.3, -0.25) is 9.36 Å². The van der Waals surface area contributed by atoms with Crippen molar-refractivity contribution in [1.29, 1.82) is 0 Å². The Labute approximate surface area is 238 Å². The van der Waals surface area contributed by atoms with Gasteiger partial charge in [-0.1, -0.05) is 23.5 Å². The van der Waals surface area contributed by atoms with E-state index >= 15 is 0 Å². The Balaban J connectivity index is 1.58. The largest absolute Gasteiger partial charge is 0.497 e. The fourth-order valence-corrected chi connectivity index (χ4v) is 6.27. The molecule has 1 aliphatic rings. The maximum atomic E-state index is 13.8. The number of aromatic nitrogens is 3. The van der Waals surface area contributed by atoms with Gasteiger partial charge in [0, 0.05) is 17.5 Å². The smallest absolute Gasteiger partial charge is 0.338 e. The van der Waals surface area contributed by atoms with Crippen LogP contribution in [0.25, 0.3) is 6.08 Å². The quantitative estimate of drug-likeness (QED) is 0.236. The second kappa shape index (κ2) is 11.3. The van der Waals surface area contributed by atoms with Gasteiger partial charge in [-0.05, 0) is 82.3 Å². The van der Waals surface area contributed by atoms with Crippen LogP contribution < -0.4 is 19.6 Å². The van der Waals surface area contributed by atoms with E-state index < -0.39 is 12.0 Å². The van der Waals surface area contributed by atoms with E-state index in [9.17, 15) is 9.59 Å². The third-order valence-electron chi connectivity index (χ3n) is 6.02. The van der Waals surface area contributed by atoms with E-state index in [-0.39, 0.29) is 11.7 Å². The summed E-state index contributed by atoms with van der Waals surface area (Å²) in [5, 5.41) is 1.19. The highest BCUT2D eigenvalue weighted by Gasteiger charge is 2.34. The van der Waals surface area contributed by atoms with Crippen LogP contribution in [0.1, 0.15) is 49.5 Å². The van der Waals surface area contributed by atoms with Gasteiger partial charge >= 0.3 is 5.97 Å². The zero-order valence-corrected chi connectivity index (χ0v) is 24.6. The highest BCUT2D eigenvalue weighted by Crippen LogP contribution is 2.32. The van der Waals surface area contributed by atoms with Crippen molar-refractivity contribution in [2.45, 2.75) is 57.0 Å². The summed E-state index contributed by atoms with van der Waals surface area (Å²) in [5.74, 6) is 0.601. The third-order valence-corrected chi connectivity index (χ3v) is 7.79. The number of esters is 1. The summed E-state index contributed by atoms with van der Waals surface area (Å²) in [6.45, 7) is 9.16. The second-order valence-corrected chi connectivity index (χ2v) is 11.5. The number of thiazole rings is 1. The maximum absolute atomic E-state index is 13.8. The van der Waals surface area contributed by atoms with Crippen molar-refractivity contribution in [2.75, 3.05) is 7.11 Å². The number of carbonyl (C=O) groups excluding carboxylic acids is 1. The predicted molar refractivity (Wildman–Crippen MR) is 152 cm³/mol. The molecule has 11 heteroatoms. The Bertz CT molecular complexity index is 1800. The van der Waals surface area contributed by atoms with Gasteiger partial charge < -0.3 is 13.9 Å². The molecule has 1 aromatic carbocycles. The van der Waals surface area contributed by atoms with Crippen molar-refractivity contribution in [3.63, 3.8) is 0 Å². The number of methoxy groups -OCH3 is 1. The molecule has 1 aliphatic heterocycles. The molecular formula is C29H28N4O5S2. The molecular weight excluding hydrogens is 548 g/mol. The lowest BCUT2D eigenvalue weighted by molar-refractivity contribution is -0.143. The molecule has 0 unspecified atom stereocenters. The van der Waals surface area contributed by atoms with Crippen molar-refractivity contribution in [3.05, 3.63) is 96.1 Å². The highest BCUT2D eigenvalue weighted by molar-refractivity contribution is 7.99. The molecule has 0 spiro atoms. The minimum atomic E-state index is -0.732. The average Bonchev–Trinajstić information content (AvgIpc) is 3.45. The van der Waals surface area contributed by atoms with Gasteiger partial charge in [0.25, 0.3) is 5.56 Å². The number of nitrogens with zero attached hydrogens (tertiary/aromatic N) is 4. The van der Waals surface area contributed by atoms with E-state index in [4.69, 9.17) is 13.9 Å². The fraction of sp³-hybridized carbons (Fsp3) is 0.276. The number of benzene rings is 1. The first kappa shape index (κ1) is 27.6. The van der Waals surface area contributed by atoms with Crippen molar-refractivity contribution < 1.29 is 18.7 Å². The minimum Gasteiger partial charge on any atom is -0.497 e. The number of ether oxygens (including phenoxy) is 2. The van der Waals surface area contributed by atoms with Crippen molar-refractivity contribution in [1.82, 2.24) is 14.5 Å². The molecule has 5 rings (SSSR count). The second-order valence-electron chi connectivity index (χ2n) is 9.50. The molecule has 9 nitrogen and oxygen atoms in total. The molecule has 4 heterocycles. The van der Waals surface area contributed by atoms with Crippen molar-refractivity contribution in [2.24, 2.45) is 4.99 Å². The van der Waals surface area contributed by atoms with Crippen LogP contribution in [0.3, 0.4) is 0 Å². The van der Waals surface area contributed by atoms with Crippen LogP contribution >= 0.6 is 23.1 Å². The normalized spacial score (nSPS) is 15.3. The lowest BCUT2D eigenvalue weighted by Crippen LogP contribution is -2.40. The number of hydrogen-bond donors (Lipinski definition) is 0. The molecule has 0 aliphatic carbocycles. The van der Waals surface area contributed by atoms with E-state index in [2.05, 4.69) is 15.0 Å². The van der Waals surface area contributed by atoms with Gasteiger partial charge in [0.05, 0.1) is 35.1 Å². The van der Waals surface area contributed by atoms with Crippen LogP contribution in [0.15, 0.2) is 78.2 Å². The molecule has 206 valence electrons. The number of aryl methyl sites for hydroxylation is 2. The number of hydrogen-bond acceptors (Lipinski definition) is 10. The first-order valence-corrected chi connectivity index (χ1v) is 14.2. The fourth-order valence-electron chi connectivity index (χ4n) is 4.41. The third kappa shape index (κ3) is 5.66. The summed E-state index contributed by atoms with van der Waals surface area (Å²) in [7, 11) is 1.57. The standard InChI is InChI=1S/C29H28N4O5S2/c1-15(2)37-27(35)24-18(5)32-29-33(25(24)19-8-7-9-20(13-19)36-6)26(34)22(39-29)14-21-10-11-23(38-21)40-28-30-16(3)12-17(4)31-28/h7-15,25H,1-6H3/b22-14-/t25-/m0/s1. The van der Waals surface area contributed by atoms with Gasteiger partial charge in [-0.25, -0.2) is 19.8 Å². The monoisotopic (exact) mass is 576 g/mol. The SMILES string of the molecule is COc1cccc([C@H]2C(C(=O)OC(C)C)=C(C)N=c3s/c(=C\c4ccc(Sc5nc(C)cc(C)n5)o4)c(=O)n32)c1. The van der Waals surface area contributed by atoms with Gasteiger partial charge in [0.1, 0.15) is 11.5 Å². The topological polar surface area (TPSA) is 109 Å². The number of fused-ring (bicyclic) bond motifs is 1. The van der Waals surface area contributed by atoms with E-state index in [0.29, 0.717) is 47.9 Å². The summed E-state index contributed by atoms with van der Waals surface area (Å²) in [4.78, 5) is 41.1. The summed E-state index contributed by atoms with van der Waals surface area (Å²) in [6.07, 6.45) is 1.35. The lowest BCUT2D eigenvalue weighted by atomic mass is 9.95. The van der Waals surface area contributed by atoms with Crippen LogP contribution in [0, 0.1) is 13.8 Å². The van der Waals surface area contributed by atoms with E-state index in [0.717, 1.165) is 11.4 Å². The summed E-state index contributed by atoms with van der Waals surface area (Å²) in [6, 6.07) is 12.1. The molecule has 0 radical (unpaired) electrons. The Morgan fingerprint density at radius 1 is 1.12 bits per heavy atom. The van der Waals surface area contributed by atoms with Crippen molar-refractivity contribution >= 4 is 35.1 Å². The predicted octanol–water partition coefficient (Wildman–Crippen LogP) is 4.35. The zero-order chi connectivity index (χ0) is 28.6. The zero-order valence-electron chi connectivity index (χ0n) is 22.9. The van der Waals surface area contributed by atoms with Crippen LogP contribution in [-0.2, 0) is 9.53 Å². The molecule has 1 atom stereocenters. The molecule has 0 fully saturated rings. The van der Waals surface area contributed by atoms with Crippen LogP contribution in [-0.4, -0.2) is 33.7 Å². The summed E-state index contributed by atoms with van der Waals surface area (Å²) < 4.78 is 18.9. The number of furan rings is 1. The van der Waals surface area contributed by atoms with Gasteiger partial charge in [0.2, 0.25) is 0 Å². The van der Waals surface area contributed by atoms with Gasteiger partial charge in [0.15, 0.2) is 15.1 Å². The first-order chi connectivity index (χ1) is 19.1. The number of carbonyl (C=O) groups is 1. The summed E-state index contributed by atoms with van der Waals surface area (Å²) >= 11 is 2.54. The maximum Gasteiger partial charge on any atom is 0.338 e. The molecule has 0 amide bonds. The molecule has 0 saturated carbocycles. The Morgan fingerprint density at radius 3 is 2.58 bits per heavy atom.